The number of nitrogens with one attached hydrogen (secondary N) is 2. The van der Waals surface area contributed by atoms with Gasteiger partial charge in [0.05, 0.1) is 23.9 Å². The molecule has 1 aliphatic rings. The van der Waals surface area contributed by atoms with Crippen molar-refractivity contribution >= 4 is 27.5 Å². The van der Waals surface area contributed by atoms with Crippen LogP contribution in [0.25, 0.3) is 0 Å². The van der Waals surface area contributed by atoms with Crippen molar-refractivity contribution in [2.45, 2.75) is 23.8 Å². The molecular formula is C21H20N4O5S. The maximum Gasteiger partial charge on any atom is 0.287 e. The first-order valence-corrected chi connectivity index (χ1v) is 11.0. The highest BCUT2D eigenvalue weighted by Crippen LogP contribution is 2.30. The second-order valence-corrected chi connectivity index (χ2v) is 8.66. The number of aliphatic hydroxyl groups is 1. The summed E-state index contributed by atoms with van der Waals surface area (Å²) in [6.45, 7) is 1.65. The van der Waals surface area contributed by atoms with E-state index in [1.165, 1.54) is 31.5 Å². The third-order valence-electron chi connectivity index (χ3n) is 4.85. The molecule has 2 atom stereocenters. The number of rotatable bonds is 6. The number of aliphatic hydroxyl groups excluding tert-OH is 1. The van der Waals surface area contributed by atoms with E-state index in [2.05, 4.69) is 20.0 Å². The van der Waals surface area contributed by atoms with Crippen LogP contribution in [-0.4, -0.2) is 36.8 Å². The van der Waals surface area contributed by atoms with Gasteiger partial charge in [0.25, 0.3) is 15.9 Å². The fraction of sp³-hybridized carbons (Fsp3) is 0.190. The topological polar surface area (TPSA) is 134 Å². The number of sulfonamides is 1. The van der Waals surface area contributed by atoms with Crippen LogP contribution in [0.1, 0.15) is 36.0 Å². The number of benzene rings is 2. The fourth-order valence-electron chi connectivity index (χ4n) is 3.24. The number of fused-ring (bicyclic) bond motifs is 1. The Hall–Kier alpha value is -3.50. The summed E-state index contributed by atoms with van der Waals surface area (Å²) in [5.74, 6) is -0.951. The number of oxazole rings is 1. The molecule has 0 fully saturated rings. The van der Waals surface area contributed by atoms with Crippen LogP contribution in [0.2, 0.25) is 0 Å². The largest absolute Gasteiger partial charge is 0.448 e. The quantitative estimate of drug-likeness (QED) is 0.537. The molecule has 0 bridgehead atoms. The normalized spacial score (nSPS) is 16.4. The van der Waals surface area contributed by atoms with Crippen molar-refractivity contribution in [2.75, 3.05) is 6.54 Å². The van der Waals surface area contributed by atoms with Gasteiger partial charge in [-0.25, -0.2) is 18.4 Å². The Balaban J connectivity index is 1.57. The molecule has 3 aromatic rings. The summed E-state index contributed by atoms with van der Waals surface area (Å²) >= 11 is 0. The Morgan fingerprint density at radius 3 is 2.65 bits per heavy atom. The van der Waals surface area contributed by atoms with E-state index in [4.69, 9.17) is 4.42 Å². The lowest BCUT2D eigenvalue weighted by atomic mass is 9.99. The van der Waals surface area contributed by atoms with Crippen molar-refractivity contribution in [3.8, 4) is 0 Å². The molecule has 0 aliphatic carbocycles. The molecule has 4 rings (SSSR count). The van der Waals surface area contributed by atoms with Gasteiger partial charge in [0.15, 0.2) is 0 Å². The van der Waals surface area contributed by atoms with E-state index in [9.17, 15) is 18.3 Å². The van der Waals surface area contributed by atoms with E-state index < -0.39 is 22.0 Å². The highest BCUT2D eigenvalue weighted by Gasteiger charge is 2.30. The number of carbonyl (C=O) groups is 1. The number of carbonyl (C=O) groups excluding carboxylic acids is 1. The second-order valence-electron chi connectivity index (χ2n) is 7.01. The Labute approximate surface area is 178 Å². The zero-order chi connectivity index (χ0) is 22.0. The minimum Gasteiger partial charge on any atom is -0.448 e. The standard InChI is InChI=1S/C21H20N4O5S/c1-13(26)15-7-8-17-18(11-15)31(28,29)25-19(24-17)20(27)23-12-16(21-22-9-10-30-21)14-5-3-2-4-6-14/h2-11,13,16,26H,12H2,1H3,(H,23,27)(H,24,25). The predicted molar refractivity (Wildman–Crippen MR) is 112 cm³/mol. The fourth-order valence-corrected chi connectivity index (χ4v) is 4.42. The van der Waals surface area contributed by atoms with E-state index in [0.29, 0.717) is 11.5 Å². The zero-order valence-corrected chi connectivity index (χ0v) is 17.3. The first-order valence-electron chi connectivity index (χ1n) is 9.51. The van der Waals surface area contributed by atoms with E-state index in [1.807, 2.05) is 30.3 Å². The molecule has 31 heavy (non-hydrogen) atoms. The zero-order valence-electron chi connectivity index (χ0n) is 16.5. The molecule has 9 nitrogen and oxygen atoms in total. The molecule has 3 N–H and O–H groups in total. The van der Waals surface area contributed by atoms with Crippen LogP contribution in [0.4, 0.5) is 5.69 Å². The summed E-state index contributed by atoms with van der Waals surface area (Å²) in [5.41, 5.74) is 1.44. The van der Waals surface area contributed by atoms with E-state index in [0.717, 1.165) is 5.56 Å². The van der Waals surface area contributed by atoms with Gasteiger partial charge in [-0.2, -0.15) is 0 Å². The number of nitrogens with zero attached hydrogens (tertiary/aromatic N) is 2. The molecular weight excluding hydrogens is 420 g/mol. The van der Waals surface area contributed by atoms with Crippen molar-refractivity contribution in [3.63, 3.8) is 0 Å². The van der Waals surface area contributed by atoms with Crippen LogP contribution in [0.3, 0.4) is 0 Å². The Bertz CT molecular complexity index is 1220. The summed E-state index contributed by atoms with van der Waals surface area (Å²) in [6.07, 6.45) is 2.13. The second kappa shape index (κ2) is 8.32. The molecule has 0 radical (unpaired) electrons. The lowest BCUT2D eigenvalue weighted by Crippen LogP contribution is -2.45. The molecule has 0 saturated heterocycles. The minimum atomic E-state index is -4.01. The molecule has 2 heterocycles. The average Bonchev–Trinajstić information content (AvgIpc) is 3.28. The molecule has 1 aromatic heterocycles. The van der Waals surface area contributed by atoms with Gasteiger partial charge in [-0.1, -0.05) is 36.4 Å². The van der Waals surface area contributed by atoms with Gasteiger partial charge in [-0.3, -0.25) is 9.52 Å². The summed E-state index contributed by atoms with van der Waals surface area (Å²) in [7, 11) is -4.01. The van der Waals surface area contributed by atoms with Crippen molar-refractivity contribution in [1.29, 1.82) is 0 Å². The maximum atomic E-state index is 12.7. The molecule has 1 amide bonds. The molecule has 0 spiro atoms. The van der Waals surface area contributed by atoms with Crippen molar-refractivity contribution < 1.29 is 22.7 Å². The van der Waals surface area contributed by atoms with Crippen LogP contribution in [0.5, 0.6) is 0 Å². The molecule has 2 unspecified atom stereocenters. The first-order chi connectivity index (χ1) is 14.8. The van der Waals surface area contributed by atoms with Crippen molar-refractivity contribution in [3.05, 3.63) is 78.0 Å². The Morgan fingerprint density at radius 2 is 1.97 bits per heavy atom. The third kappa shape index (κ3) is 4.35. The van der Waals surface area contributed by atoms with Crippen LogP contribution < -0.4 is 10.0 Å². The van der Waals surface area contributed by atoms with Gasteiger partial charge >= 0.3 is 0 Å². The van der Waals surface area contributed by atoms with Gasteiger partial charge in [0.2, 0.25) is 11.7 Å². The summed E-state index contributed by atoms with van der Waals surface area (Å²) in [4.78, 5) is 21.0. The van der Waals surface area contributed by atoms with Gasteiger partial charge in [-0.05, 0) is 30.2 Å². The third-order valence-corrected chi connectivity index (χ3v) is 6.22. The predicted octanol–water partition coefficient (Wildman–Crippen LogP) is 2.00. The van der Waals surface area contributed by atoms with Crippen LogP contribution in [0.15, 0.2) is 75.3 Å². The smallest absolute Gasteiger partial charge is 0.287 e. The SMILES string of the molecule is CC(O)c1ccc2c(c1)S(=O)(=O)NC(C(=O)NCC(c1ccccc1)c1ncco1)=N2. The highest BCUT2D eigenvalue weighted by atomic mass is 32.2. The summed E-state index contributed by atoms with van der Waals surface area (Å²) in [6, 6.07) is 13.8. The van der Waals surface area contributed by atoms with Crippen molar-refractivity contribution in [2.24, 2.45) is 4.99 Å². The maximum absolute atomic E-state index is 12.7. The van der Waals surface area contributed by atoms with E-state index >= 15 is 0 Å². The molecule has 10 heteroatoms. The minimum absolute atomic E-state index is 0.0932. The highest BCUT2D eigenvalue weighted by molar-refractivity contribution is 7.90. The summed E-state index contributed by atoms with van der Waals surface area (Å²) < 4.78 is 32.9. The van der Waals surface area contributed by atoms with Gasteiger partial charge in [0, 0.05) is 6.54 Å². The lowest BCUT2D eigenvalue weighted by Gasteiger charge is -2.20. The van der Waals surface area contributed by atoms with Crippen LogP contribution in [0, 0.1) is 0 Å². The average molecular weight is 440 g/mol. The number of hydrogen-bond donors (Lipinski definition) is 3. The van der Waals surface area contributed by atoms with Gasteiger partial charge < -0.3 is 14.8 Å². The summed E-state index contributed by atoms with van der Waals surface area (Å²) in [5, 5.41) is 12.4. The molecule has 1 aliphatic heterocycles. The molecule has 160 valence electrons. The molecule has 0 saturated carbocycles. The molecule has 2 aromatic carbocycles. The van der Waals surface area contributed by atoms with E-state index in [1.54, 1.807) is 6.07 Å². The van der Waals surface area contributed by atoms with Crippen LogP contribution in [-0.2, 0) is 14.8 Å². The Kier molecular flexibility index (Phi) is 5.57. The van der Waals surface area contributed by atoms with Gasteiger partial charge in [-0.15, -0.1) is 0 Å². The Morgan fingerprint density at radius 1 is 1.19 bits per heavy atom. The monoisotopic (exact) mass is 440 g/mol. The lowest BCUT2D eigenvalue weighted by molar-refractivity contribution is -0.115. The number of aromatic nitrogens is 1. The number of amides is 1. The number of aliphatic imine (C=N–C) groups is 1. The van der Waals surface area contributed by atoms with Crippen molar-refractivity contribution in [1.82, 2.24) is 15.0 Å². The van der Waals surface area contributed by atoms with Gasteiger partial charge in [0.1, 0.15) is 11.2 Å². The van der Waals surface area contributed by atoms with E-state index in [-0.39, 0.29) is 28.9 Å². The number of hydrogen-bond acceptors (Lipinski definition) is 7. The van der Waals surface area contributed by atoms with Crippen LogP contribution >= 0.6 is 0 Å². The first kappa shape index (κ1) is 20.8. The number of amidine groups is 1.